The zero-order chi connectivity index (χ0) is 19.7. The van der Waals surface area contributed by atoms with E-state index in [9.17, 15) is 0 Å². The Morgan fingerprint density at radius 1 is 0.793 bits per heavy atom. The molecule has 142 valence electrons. The van der Waals surface area contributed by atoms with Crippen LogP contribution in [0.2, 0.25) is 0 Å². The molecule has 0 spiro atoms. The van der Waals surface area contributed by atoms with E-state index in [1.165, 1.54) is 5.56 Å². The summed E-state index contributed by atoms with van der Waals surface area (Å²) in [7, 11) is 0. The topological polar surface area (TPSA) is 24.9 Å². The molecule has 0 radical (unpaired) electrons. The number of benzene rings is 3. The van der Waals surface area contributed by atoms with Gasteiger partial charge < -0.3 is 5.32 Å². The molecule has 0 bridgehead atoms. The lowest BCUT2D eigenvalue weighted by molar-refractivity contribution is 0.627. The molecule has 2 nitrogen and oxygen atoms in total. The van der Waals surface area contributed by atoms with Crippen molar-refractivity contribution in [1.29, 1.82) is 0 Å². The number of fused-ring (bicyclic) bond motifs is 1. The first kappa shape index (κ1) is 18.8. The van der Waals surface area contributed by atoms with Crippen LogP contribution >= 0.6 is 0 Å². The fourth-order valence-corrected chi connectivity index (χ4v) is 3.46. The highest BCUT2D eigenvalue weighted by atomic mass is 14.9. The van der Waals surface area contributed by atoms with E-state index in [2.05, 4.69) is 88.9 Å². The summed E-state index contributed by atoms with van der Waals surface area (Å²) < 4.78 is 0. The molecule has 1 heterocycles. The Bertz CT molecular complexity index is 1100. The number of hydrogen-bond donors (Lipinski definition) is 1. The molecule has 1 N–H and O–H groups in total. The maximum Gasteiger partial charge on any atom is 0.0933 e. The summed E-state index contributed by atoms with van der Waals surface area (Å²) in [6.07, 6.45) is 3.77. The van der Waals surface area contributed by atoms with Gasteiger partial charge in [-0.3, -0.25) is 4.98 Å². The molecule has 1 aromatic heterocycles. The number of nitrogens with one attached hydrogen (secondary N) is 1. The van der Waals surface area contributed by atoms with Gasteiger partial charge in [0.15, 0.2) is 0 Å². The van der Waals surface area contributed by atoms with Crippen LogP contribution < -0.4 is 5.32 Å². The number of nitrogens with zero attached hydrogens (tertiary/aromatic N) is 1. The first-order valence-electron chi connectivity index (χ1n) is 10.1. The van der Waals surface area contributed by atoms with Crippen molar-refractivity contribution < 1.29 is 0 Å². The van der Waals surface area contributed by atoms with Gasteiger partial charge in [-0.2, -0.15) is 0 Å². The van der Waals surface area contributed by atoms with Crippen molar-refractivity contribution in [2.24, 2.45) is 5.92 Å². The van der Waals surface area contributed by atoms with E-state index in [4.69, 9.17) is 0 Å². The normalized spacial score (nSPS) is 11.4. The molecule has 0 saturated carbocycles. The van der Waals surface area contributed by atoms with Crippen molar-refractivity contribution in [3.8, 4) is 11.8 Å². The summed E-state index contributed by atoms with van der Waals surface area (Å²) in [5.41, 5.74) is 4.49. The molecule has 2 heteroatoms. The highest BCUT2D eigenvalue weighted by Crippen LogP contribution is 2.21. The van der Waals surface area contributed by atoms with Crippen LogP contribution in [0, 0.1) is 17.8 Å². The van der Waals surface area contributed by atoms with Crippen molar-refractivity contribution in [3.05, 3.63) is 108 Å². The van der Waals surface area contributed by atoms with Gasteiger partial charge in [-0.15, -0.1) is 0 Å². The standard InChI is InChI=1S/C27H24N2/c1-3-9-22(10-4-1)16-17-24(21-23-11-5-2-6-12-23)18-20-28-26-15-7-13-25-14-8-19-29-27(25)26/h1-15,19,24,28H,18,20-21H2. The molecule has 1 atom stereocenters. The smallest absolute Gasteiger partial charge is 0.0933 e. The minimum absolute atomic E-state index is 0.285. The Morgan fingerprint density at radius 3 is 2.38 bits per heavy atom. The Labute approximate surface area is 172 Å². The molecular formula is C27H24N2. The van der Waals surface area contributed by atoms with Crippen molar-refractivity contribution >= 4 is 16.6 Å². The average Bonchev–Trinajstić information content (AvgIpc) is 2.79. The van der Waals surface area contributed by atoms with Crippen molar-refractivity contribution in [2.45, 2.75) is 12.8 Å². The molecule has 0 fully saturated rings. The third-order valence-electron chi connectivity index (χ3n) is 4.96. The summed E-state index contributed by atoms with van der Waals surface area (Å²) in [6.45, 7) is 0.858. The van der Waals surface area contributed by atoms with Gasteiger partial charge in [-0.1, -0.05) is 78.6 Å². The van der Waals surface area contributed by atoms with Gasteiger partial charge in [0.05, 0.1) is 11.2 Å². The number of anilines is 1. The van der Waals surface area contributed by atoms with Crippen LogP contribution in [0.3, 0.4) is 0 Å². The molecule has 0 aliphatic carbocycles. The van der Waals surface area contributed by atoms with Gasteiger partial charge in [0.25, 0.3) is 0 Å². The Hall–Kier alpha value is -3.57. The summed E-state index contributed by atoms with van der Waals surface area (Å²) in [5.74, 6) is 7.14. The molecule has 0 aliphatic heterocycles. The molecule has 4 rings (SSSR count). The van der Waals surface area contributed by atoms with Crippen LogP contribution in [0.4, 0.5) is 5.69 Å². The summed E-state index contributed by atoms with van der Waals surface area (Å²) in [5, 5.41) is 4.73. The van der Waals surface area contributed by atoms with Gasteiger partial charge >= 0.3 is 0 Å². The zero-order valence-corrected chi connectivity index (χ0v) is 16.4. The van der Waals surface area contributed by atoms with Gasteiger partial charge in [-0.25, -0.2) is 0 Å². The predicted molar refractivity (Wildman–Crippen MR) is 122 cm³/mol. The summed E-state index contributed by atoms with van der Waals surface area (Å²) >= 11 is 0. The summed E-state index contributed by atoms with van der Waals surface area (Å²) in [4.78, 5) is 4.53. The lowest BCUT2D eigenvalue weighted by atomic mass is 9.96. The van der Waals surface area contributed by atoms with Crippen LogP contribution in [-0.2, 0) is 6.42 Å². The molecule has 4 aromatic rings. The van der Waals surface area contributed by atoms with E-state index >= 15 is 0 Å². The lowest BCUT2D eigenvalue weighted by Crippen LogP contribution is -2.11. The molecule has 1 unspecified atom stereocenters. The second kappa shape index (κ2) is 9.57. The SMILES string of the molecule is C(#CC(CCNc1cccc2cccnc12)Cc1ccccc1)c1ccccc1. The quantitative estimate of drug-likeness (QED) is 0.421. The minimum atomic E-state index is 0.285. The zero-order valence-electron chi connectivity index (χ0n) is 16.4. The van der Waals surface area contributed by atoms with Crippen LogP contribution in [0.5, 0.6) is 0 Å². The van der Waals surface area contributed by atoms with Gasteiger partial charge in [0, 0.05) is 29.6 Å². The Kier molecular flexibility index (Phi) is 6.20. The molecule has 3 aromatic carbocycles. The van der Waals surface area contributed by atoms with E-state index in [-0.39, 0.29) is 5.92 Å². The maximum absolute atomic E-state index is 4.53. The number of hydrogen-bond acceptors (Lipinski definition) is 2. The highest BCUT2D eigenvalue weighted by Gasteiger charge is 2.08. The first-order chi connectivity index (χ1) is 14.4. The van der Waals surface area contributed by atoms with Crippen molar-refractivity contribution in [1.82, 2.24) is 4.98 Å². The second-order valence-electron chi connectivity index (χ2n) is 7.12. The van der Waals surface area contributed by atoms with Crippen molar-refractivity contribution in [3.63, 3.8) is 0 Å². The number of pyridine rings is 1. The van der Waals surface area contributed by atoms with Crippen LogP contribution in [0.15, 0.2) is 97.2 Å². The van der Waals surface area contributed by atoms with Crippen molar-refractivity contribution in [2.75, 3.05) is 11.9 Å². The summed E-state index contributed by atoms with van der Waals surface area (Å²) in [6, 6.07) is 31.1. The van der Waals surface area contributed by atoms with E-state index in [1.54, 1.807) is 0 Å². The number of rotatable bonds is 6. The fourth-order valence-electron chi connectivity index (χ4n) is 3.46. The highest BCUT2D eigenvalue weighted by molar-refractivity contribution is 5.90. The number of para-hydroxylation sites is 1. The van der Waals surface area contributed by atoms with E-state index in [0.29, 0.717) is 0 Å². The Morgan fingerprint density at radius 2 is 1.55 bits per heavy atom. The van der Waals surface area contributed by atoms with E-state index in [1.807, 2.05) is 30.5 Å². The lowest BCUT2D eigenvalue weighted by Gasteiger charge is -2.13. The second-order valence-corrected chi connectivity index (χ2v) is 7.12. The van der Waals surface area contributed by atoms with Gasteiger partial charge in [0.2, 0.25) is 0 Å². The average molecular weight is 377 g/mol. The number of aromatic nitrogens is 1. The minimum Gasteiger partial charge on any atom is -0.383 e. The Balaban J connectivity index is 1.47. The molecule has 29 heavy (non-hydrogen) atoms. The van der Waals surface area contributed by atoms with Gasteiger partial charge in [0.1, 0.15) is 0 Å². The molecule has 0 amide bonds. The first-order valence-corrected chi connectivity index (χ1v) is 10.1. The predicted octanol–water partition coefficient (Wildman–Crippen LogP) is 5.95. The third kappa shape index (κ3) is 5.24. The van der Waals surface area contributed by atoms with Crippen LogP contribution in [0.25, 0.3) is 10.9 Å². The molecular weight excluding hydrogens is 352 g/mol. The molecule has 0 aliphatic rings. The third-order valence-corrected chi connectivity index (χ3v) is 4.96. The largest absolute Gasteiger partial charge is 0.383 e. The maximum atomic E-state index is 4.53. The fraction of sp³-hybridized carbons (Fsp3) is 0.148. The van der Waals surface area contributed by atoms with Gasteiger partial charge in [-0.05, 0) is 42.7 Å². The van der Waals surface area contributed by atoms with Crippen LogP contribution in [0.1, 0.15) is 17.5 Å². The molecule has 0 saturated heterocycles. The van der Waals surface area contributed by atoms with Crippen LogP contribution in [-0.4, -0.2) is 11.5 Å². The monoisotopic (exact) mass is 376 g/mol. The van der Waals surface area contributed by atoms with E-state index < -0.39 is 0 Å². The van der Waals surface area contributed by atoms with E-state index in [0.717, 1.165) is 41.5 Å².